The van der Waals surface area contributed by atoms with Gasteiger partial charge in [0.25, 0.3) is 0 Å². The van der Waals surface area contributed by atoms with Gasteiger partial charge in [-0.15, -0.1) is 0 Å². The second kappa shape index (κ2) is 14.9. The highest BCUT2D eigenvalue weighted by Gasteiger charge is 2.66. The normalized spacial score (nSPS) is 41.8. The lowest BCUT2D eigenvalue weighted by atomic mass is 9.43. The molecule has 4 aliphatic carbocycles. The lowest BCUT2D eigenvalue weighted by Crippen LogP contribution is -2.63. The zero-order valence-electron chi connectivity index (χ0n) is 26.0. The quantitative estimate of drug-likeness (QED) is 0.203. The van der Waals surface area contributed by atoms with Crippen LogP contribution in [-0.2, 0) is 14.2 Å². The van der Waals surface area contributed by atoms with E-state index in [1.54, 1.807) is 0 Å². The summed E-state index contributed by atoms with van der Waals surface area (Å²) in [7, 11) is 0. The van der Waals surface area contributed by atoms with E-state index in [4.69, 9.17) is 31.4 Å². The Morgan fingerprint density at radius 1 is 0.800 bits per heavy atom. The first-order chi connectivity index (χ1) is 19.3. The maximum Gasteiger partial charge on any atom is 0.0637 e. The van der Waals surface area contributed by atoms with Crippen LogP contribution in [0.15, 0.2) is 0 Å². The second-order valence-electron chi connectivity index (χ2n) is 14.3. The molecule has 0 aromatic rings. The average Bonchev–Trinajstić information content (AvgIpc) is 3.31. The largest absolute Gasteiger partial charge is 0.396 e. The summed E-state index contributed by atoms with van der Waals surface area (Å²) in [5.41, 5.74) is 18.0. The monoisotopic (exact) mass is 565 g/mol. The summed E-state index contributed by atoms with van der Waals surface area (Å²) in [6, 6.07) is 0. The molecule has 0 bridgehead atoms. The van der Waals surface area contributed by atoms with Gasteiger partial charge in [-0.2, -0.15) is 0 Å². The Kier molecular flexibility index (Phi) is 12.2. The van der Waals surface area contributed by atoms with Gasteiger partial charge in [0, 0.05) is 31.8 Å². The first-order valence-electron chi connectivity index (χ1n) is 16.9. The van der Waals surface area contributed by atoms with Crippen LogP contribution in [-0.4, -0.2) is 69.5 Å². The fourth-order valence-electron chi connectivity index (χ4n) is 10.2. The molecule has 40 heavy (non-hydrogen) atoms. The van der Waals surface area contributed by atoms with Crippen molar-refractivity contribution in [3.05, 3.63) is 0 Å². The highest BCUT2D eigenvalue weighted by Crippen LogP contribution is 2.69. The van der Waals surface area contributed by atoms with E-state index < -0.39 is 0 Å². The molecule has 7 heteroatoms. The second-order valence-corrected chi connectivity index (χ2v) is 14.3. The van der Waals surface area contributed by atoms with Crippen LogP contribution in [0.25, 0.3) is 0 Å². The molecule has 7 nitrogen and oxygen atoms in total. The number of aliphatic hydroxyl groups is 1. The summed E-state index contributed by atoms with van der Waals surface area (Å²) in [4.78, 5) is 0. The number of ether oxygens (including phenoxy) is 3. The third-order valence-corrected chi connectivity index (χ3v) is 12.3. The predicted molar refractivity (Wildman–Crippen MR) is 162 cm³/mol. The van der Waals surface area contributed by atoms with Gasteiger partial charge in [0.15, 0.2) is 0 Å². The van der Waals surface area contributed by atoms with E-state index in [1.165, 1.54) is 19.3 Å². The predicted octanol–water partition coefficient (Wildman–Crippen LogP) is 4.48. The number of nitrogens with two attached hydrogens (primary N) is 3. The van der Waals surface area contributed by atoms with Crippen molar-refractivity contribution in [2.45, 2.75) is 116 Å². The van der Waals surface area contributed by atoms with Crippen LogP contribution in [0.3, 0.4) is 0 Å². The van der Waals surface area contributed by atoms with Crippen molar-refractivity contribution in [3.8, 4) is 0 Å². The van der Waals surface area contributed by atoms with Gasteiger partial charge >= 0.3 is 0 Å². The molecule has 0 aromatic heterocycles. The molecule has 11 atom stereocenters. The van der Waals surface area contributed by atoms with Crippen molar-refractivity contribution in [2.75, 3.05) is 46.1 Å². The molecule has 0 heterocycles. The highest BCUT2D eigenvalue weighted by atomic mass is 16.5. The molecule has 4 saturated carbocycles. The van der Waals surface area contributed by atoms with Crippen molar-refractivity contribution >= 4 is 0 Å². The average molecular weight is 566 g/mol. The van der Waals surface area contributed by atoms with E-state index >= 15 is 0 Å². The molecular weight excluding hydrogens is 502 g/mol. The van der Waals surface area contributed by atoms with Crippen molar-refractivity contribution in [2.24, 2.45) is 63.5 Å². The number of hydrogen-bond acceptors (Lipinski definition) is 7. The van der Waals surface area contributed by atoms with Crippen LogP contribution < -0.4 is 17.2 Å². The Balaban J connectivity index is 1.64. The van der Waals surface area contributed by atoms with Crippen molar-refractivity contribution in [1.82, 2.24) is 0 Å². The summed E-state index contributed by atoms with van der Waals surface area (Å²) < 4.78 is 20.1. The van der Waals surface area contributed by atoms with Gasteiger partial charge in [0.1, 0.15) is 0 Å². The van der Waals surface area contributed by atoms with Crippen LogP contribution in [0.1, 0.15) is 97.8 Å². The lowest BCUT2D eigenvalue weighted by Gasteiger charge is -2.65. The van der Waals surface area contributed by atoms with Crippen LogP contribution in [0, 0.1) is 46.3 Å². The van der Waals surface area contributed by atoms with E-state index in [-0.39, 0.29) is 18.1 Å². The fourth-order valence-corrected chi connectivity index (χ4v) is 10.2. The van der Waals surface area contributed by atoms with Crippen LogP contribution in [0.4, 0.5) is 0 Å². The third-order valence-electron chi connectivity index (χ3n) is 12.3. The molecule has 4 fully saturated rings. The molecule has 0 aliphatic heterocycles. The summed E-state index contributed by atoms with van der Waals surface area (Å²) in [5, 5.41) is 9.58. The van der Waals surface area contributed by atoms with Crippen molar-refractivity contribution < 1.29 is 19.3 Å². The van der Waals surface area contributed by atoms with Gasteiger partial charge in [-0.25, -0.2) is 0 Å². The maximum absolute atomic E-state index is 9.58. The zero-order valence-corrected chi connectivity index (χ0v) is 26.0. The first-order valence-corrected chi connectivity index (χ1v) is 16.9. The zero-order chi connectivity index (χ0) is 28.8. The Morgan fingerprint density at radius 3 is 2.15 bits per heavy atom. The Morgan fingerprint density at radius 2 is 1.48 bits per heavy atom. The van der Waals surface area contributed by atoms with E-state index in [0.29, 0.717) is 72.8 Å². The van der Waals surface area contributed by atoms with Gasteiger partial charge in [-0.3, -0.25) is 0 Å². The molecule has 234 valence electrons. The molecule has 0 radical (unpaired) electrons. The van der Waals surface area contributed by atoms with Gasteiger partial charge in [-0.1, -0.05) is 20.8 Å². The lowest BCUT2D eigenvalue weighted by molar-refractivity contribution is -0.227. The van der Waals surface area contributed by atoms with E-state index in [1.807, 2.05) is 0 Å². The Hall–Kier alpha value is -0.280. The van der Waals surface area contributed by atoms with E-state index in [2.05, 4.69) is 20.8 Å². The topological polar surface area (TPSA) is 126 Å². The number of rotatable bonds is 16. The summed E-state index contributed by atoms with van der Waals surface area (Å²) in [6.45, 7) is 12.2. The van der Waals surface area contributed by atoms with Crippen LogP contribution in [0.5, 0.6) is 0 Å². The minimum atomic E-state index is 0.131. The molecule has 0 amide bonds. The summed E-state index contributed by atoms with van der Waals surface area (Å²) in [5.74, 6) is 3.60. The molecular formula is C33H63N3O4. The molecule has 4 aliphatic rings. The smallest absolute Gasteiger partial charge is 0.0637 e. The van der Waals surface area contributed by atoms with E-state index in [9.17, 15) is 5.11 Å². The summed E-state index contributed by atoms with van der Waals surface area (Å²) in [6.07, 6.45) is 14.0. The first kappa shape index (κ1) is 32.6. The van der Waals surface area contributed by atoms with Crippen molar-refractivity contribution in [1.29, 1.82) is 0 Å². The SMILES string of the molecule is C[C@H](CCCO)C1CC[C@H]2C3[C@H](OCCCN)CC4C[C@H](OCCCN)CCC4(C)[C@H]3C[C@H](OCCCN)C12C. The van der Waals surface area contributed by atoms with Gasteiger partial charge in [-0.05, 0) is 138 Å². The minimum Gasteiger partial charge on any atom is -0.396 e. The van der Waals surface area contributed by atoms with E-state index in [0.717, 1.165) is 77.6 Å². The standard InChI is InChI=1S/C33H63N3O4/c1-23(8-4-16-37)26-9-10-27-31-28(22-30(33(26,27)3)40-19-7-15-36)32(2)12-11-25(38-17-5-13-34)20-24(32)21-29(31)39-18-6-14-35/h23-31,37H,4-22,34-36H2,1-3H3/t23-,24?,25-,26?,27+,28+,29-,30+,31?,32?,33?/m1/s1. The number of hydrogen-bond donors (Lipinski definition) is 4. The van der Waals surface area contributed by atoms with Gasteiger partial charge in [0.2, 0.25) is 0 Å². The molecule has 0 aromatic carbocycles. The van der Waals surface area contributed by atoms with Gasteiger partial charge < -0.3 is 36.5 Å². The Bertz CT molecular complexity index is 757. The Labute approximate surface area is 245 Å². The minimum absolute atomic E-state index is 0.131. The third kappa shape index (κ3) is 6.61. The molecule has 0 spiro atoms. The van der Waals surface area contributed by atoms with Crippen molar-refractivity contribution in [3.63, 3.8) is 0 Å². The molecule has 7 N–H and O–H groups in total. The number of fused-ring (bicyclic) bond motifs is 5. The highest BCUT2D eigenvalue weighted by molar-refractivity contribution is 5.15. The van der Waals surface area contributed by atoms with Crippen LogP contribution >= 0.6 is 0 Å². The fraction of sp³-hybridized carbons (Fsp3) is 1.00. The molecule has 5 unspecified atom stereocenters. The molecule has 0 saturated heterocycles. The number of aliphatic hydroxyl groups excluding tert-OH is 1. The molecule has 4 rings (SSSR count). The summed E-state index contributed by atoms with van der Waals surface area (Å²) >= 11 is 0. The van der Waals surface area contributed by atoms with Gasteiger partial charge in [0.05, 0.1) is 18.3 Å². The maximum atomic E-state index is 9.58. The van der Waals surface area contributed by atoms with Crippen LogP contribution in [0.2, 0.25) is 0 Å².